The zero-order valence-corrected chi connectivity index (χ0v) is 39.1. The summed E-state index contributed by atoms with van der Waals surface area (Å²) in [6, 6.07) is 0. The van der Waals surface area contributed by atoms with Gasteiger partial charge in [0.05, 0.1) is 38.1 Å². The van der Waals surface area contributed by atoms with E-state index in [0.717, 1.165) is 25.7 Å². The Hall–Kier alpha value is -1.47. The first kappa shape index (κ1) is 50.9. The van der Waals surface area contributed by atoms with Crippen LogP contribution in [0.5, 0.6) is 0 Å². The van der Waals surface area contributed by atoms with Gasteiger partial charge in [0.25, 0.3) is 0 Å². The Balaban J connectivity index is 1.04. The summed E-state index contributed by atoms with van der Waals surface area (Å²) in [7, 11) is 0. The van der Waals surface area contributed by atoms with Crippen LogP contribution in [0.15, 0.2) is 11.6 Å². The molecule has 25 atom stereocenters. The van der Waals surface area contributed by atoms with Crippen molar-refractivity contribution in [2.45, 2.75) is 204 Å². The normalized spacial score (nSPS) is 55.9. The SMILES string of the molecule is CC1(C)CC2C3=CCC4C5(C)CCC(OC6OC(C(=O)O)C(O)C(O)C6O)C(C)(CO)C5CCC4(C)C3(C)CCC2(C)C(OC2OCC(O)C(OC3OC(CO)C(O)C(O)C3O)C2O)C1O. The molecular weight excluding hydrogens is 868 g/mol. The van der Waals surface area contributed by atoms with Gasteiger partial charge in [0.2, 0.25) is 0 Å². The molecule has 0 amide bonds. The summed E-state index contributed by atoms with van der Waals surface area (Å²) >= 11 is 0. The molecular formula is C47H76O19. The molecule has 66 heavy (non-hydrogen) atoms. The predicted octanol–water partition coefficient (Wildman–Crippen LogP) is -0.713. The molecule has 378 valence electrons. The maximum atomic E-state index is 12.2. The second-order valence-corrected chi connectivity index (χ2v) is 23.2. The first-order valence-corrected chi connectivity index (χ1v) is 23.9. The fraction of sp³-hybridized carbons (Fsp3) is 0.936. The van der Waals surface area contributed by atoms with Gasteiger partial charge in [0.15, 0.2) is 25.0 Å². The number of hydrogen-bond donors (Lipinski definition) is 12. The highest BCUT2D eigenvalue weighted by atomic mass is 16.7. The van der Waals surface area contributed by atoms with Gasteiger partial charge in [-0.1, -0.05) is 60.1 Å². The molecule has 5 aliphatic carbocycles. The zero-order chi connectivity index (χ0) is 48.4. The molecule has 19 nitrogen and oxygen atoms in total. The van der Waals surface area contributed by atoms with E-state index in [9.17, 15) is 66.1 Å². The van der Waals surface area contributed by atoms with E-state index in [1.807, 2.05) is 20.8 Å². The second kappa shape index (κ2) is 17.7. The molecule has 12 N–H and O–H groups in total. The third-order valence-electron chi connectivity index (χ3n) is 19.4. The van der Waals surface area contributed by atoms with Crippen LogP contribution in [0.3, 0.4) is 0 Å². The average molecular weight is 945 g/mol. The molecule has 8 aliphatic rings. The average Bonchev–Trinajstić information content (AvgIpc) is 3.26. The van der Waals surface area contributed by atoms with Crippen molar-refractivity contribution < 1.29 is 94.5 Å². The number of carbonyl (C=O) groups is 1. The number of aliphatic hydroxyl groups excluding tert-OH is 11. The van der Waals surface area contributed by atoms with Crippen LogP contribution in [0.4, 0.5) is 0 Å². The van der Waals surface area contributed by atoms with Crippen LogP contribution in [0.25, 0.3) is 0 Å². The zero-order valence-electron chi connectivity index (χ0n) is 39.1. The largest absolute Gasteiger partial charge is 0.479 e. The van der Waals surface area contributed by atoms with Gasteiger partial charge in [0.1, 0.15) is 61.0 Å². The van der Waals surface area contributed by atoms with Crippen molar-refractivity contribution in [1.29, 1.82) is 0 Å². The van der Waals surface area contributed by atoms with E-state index >= 15 is 0 Å². The number of rotatable bonds is 9. The maximum absolute atomic E-state index is 12.2. The first-order chi connectivity index (χ1) is 30.7. The maximum Gasteiger partial charge on any atom is 0.335 e. The summed E-state index contributed by atoms with van der Waals surface area (Å²) in [6.07, 6.45) is -17.1. The molecule has 4 saturated carbocycles. The van der Waals surface area contributed by atoms with Gasteiger partial charge in [-0.2, -0.15) is 0 Å². The first-order valence-electron chi connectivity index (χ1n) is 23.9. The van der Waals surface area contributed by atoms with Crippen LogP contribution in [0, 0.1) is 50.2 Å². The summed E-state index contributed by atoms with van der Waals surface area (Å²) < 4.78 is 35.9. The van der Waals surface area contributed by atoms with Gasteiger partial charge >= 0.3 is 5.97 Å². The van der Waals surface area contributed by atoms with Crippen molar-refractivity contribution in [3.63, 3.8) is 0 Å². The molecule has 0 aromatic heterocycles. The third kappa shape index (κ3) is 7.60. The van der Waals surface area contributed by atoms with Gasteiger partial charge in [0, 0.05) is 10.8 Å². The minimum Gasteiger partial charge on any atom is -0.479 e. The van der Waals surface area contributed by atoms with Crippen LogP contribution < -0.4 is 0 Å². The Morgan fingerprint density at radius 3 is 1.98 bits per heavy atom. The summed E-state index contributed by atoms with van der Waals surface area (Å²) in [5, 5.41) is 128. The van der Waals surface area contributed by atoms with Crippen LogP contribution >= 0.6 is 0 Å². The highest BCUT2D eigenvalue weighted by Crippen LogP contribution is 2.76. The minimum absolute atomic E-state index is 0.0405. The Morgan fingerprint density at radius 1 is 0.697 bits per heavy atom. The number of carboxylic acid groups (broad SMARTS) is 1. The number of aliphatic hydroxyl groups is 11. The second-order valence-electron chi connectivity index (χ2n) is 23.2. The van der Waals surface area contributed by atoms with Crippen molar-refractivity contribution in [3.8, 4) is 0 Å². The lowest BCUT2D eigenvalue weighted by molar-refractivity contribution is -0.361. The standard InChI is InChI=1S/C47H76O19/c1-42(2)16-21-20-8-9-25-44(4)12-11-26(63-41-32(56)29(53)30(54)35(65-41)38(59)60)45(5,19-49)24(44)10-13-47(25,7)46(20,6)15-14-43(21,3)37(36(42)58)66-39-33(57)34(22(50)18-61-39)64-40-31(55)28(52)27(51)23(17-48)62-40/h8,21-37,39-41,48-58H,9-19H2,1-7H3,(H,59,60). The van der Waals surface area contributed by atoms with Crippen LogP contribution in [0.2, 0.25) is 0 Å². The Bertz CT molecular complexity index is 1820. The van der Waals surface area contributed by atoms with E-state index in [1.54, 1.807) is 0 Å². The van der Waals surface area contributed by atoms with E-state index in [2.05, 4.69) is 33.8 Å². The lowest BCUT2D eigenvalue weighted by Gasteiger charge is -2.72. The molecule has 3 saturated heterocycles. The minimum atomic E-state index is -1.85. The van der Waals surface area contributed by atoms with Crippen molar-refractivity contribution in [1.82, 2.24) is 0 Å². The molecule has 0 bridgehead atoms. The molecule has 3 aliphatic heterocycles. The monoisotopic (exact) mass is 944 g/mol. The number of carboxylic acids is 1. The van der Waals surface area contributed by atoms with Crippen LogP contribution in [-0.2, 0) is 33.2 Å². The highest BCUT2D eigenvalue weighted by molar-refractivity contribution is 5.73. The molecule has 0 radical (unpaired) electrons. The molecule has 0 aromatic carbocycles. The van der Waals surface area contributed by atoms with E-state index in [1.165, 1.54) is 5.57 Å². The van der Waals surface area contributed by atoms with Crippen molar-refractivity contribution >= 4 is 5.97 Å². The van der Waals surface area contributed by atoms with E-state index in [4.69, 9.17) is 28.4 Å². The van der Waals surface area contributed by atoms with Crippen molar-refractivity contribution in [3.05, 3.63) is 11.6 Å². The van der Waals surface area contributed by atoms with E-state index in [-0.39, 0.29) is 47.2 Å². The summed E-state index contributed by atoms with van der Waals surface area (Å²) in [6.45, 7) is 13.9. The Morgan fingerprint density at radius 2 is 1.35 bits per heavy atom. The van der Waals surface area contributed by atoms with Gasteiger partial charge in [-0.15, -0.1) is 0 Å². The topological polar surface area (TPSA) is 315 Å². The number of aliphatic carboxylic acids is 1. The molecule has 19 heteroatoms. The summed E-state index contributed by atoms with van der Waals surface area (Å²) in [4.78, 5) is 11.9. The fourth-order valence-electron chi connectivity index (χ4n) is 15.0. The Kier molecular flexibility index (Phi) is 13.6. The molecule has 3 heterocycles. The van der Waals surface area contributed by atoms with Crippen molar-refractivity contribution in [2.24, 2.45) is 50.2 Å². The van der Waals surface area contributed by atoms with E-state index < -0.39 is 133 Å². The van der Waals surface area contributed by atoms with Crippen molar-refractivity contribution in [2.75, 3.05) is 19.8 Å². The molecule has 0 spiro atoms. The van der Waals surface area contributed by atoms with Gasteiger partial charge in [-0.25, -0.2) is 4.79 Å². The van der Waals surface area contributed by atoms with Crippen LogP contribution in [-0.4, -0.2) is 191 Å². The lowest BCUT2D eigenvalue weighted by atomic mass is 9.33. The van der Waals surface area contributed by atoms with Crippen LogP contribution in [0.1, 0.15) is 99.8 Å². The number of ether oxygens (including phenoxy) is 6. The molecule has 0 aromatic rings. The smallest absolute Gasteiger partial charge is 0.335 e. The lowest BCUT2D eigenvalue weighted by Crippen LogP contribution is -2.68. The molecule has 7 fully saturated rings. The number of fused-ring (bicyclic) bond motifs is 7. The molecule has 25 unspecified atom stereocenters. The predicted molar refractivity (Wildman–Crippen MR) is 227 cm³/mol. The van der Waals surface area contributed by atoms with E-state index in [0.29, 0.717) is 25.7 Å². The highest BCUT2D eigenvalue weighted by Gasteiger charge is 2.71. The van der Waals surface area contributed by atoms with Gasteiger partial charge in [-0.05, 0) is 90.8 Å². The summed E-state index contributed by atoms with van der Waals surface area (Å²) in [5.41, 5.74) is -1.57. The number of hydrogen-bond acceptors (Lipinski definition) is 18. The summed E-state index contributed by atoms with van der Waals surface area (Å²) in [5.74, 6) is -1.40. The third-order valence-corrected chi connectivity index (χ3v) is 19.4. The Labute approximate surface area is 385 Å². The molecule has 8 rings (SSSR count). The quantitative estimate of drug-likeness (QED) is 0.100. The van der Waals surface area contributed by atoms with Gasteiger partial charge in [-0.3, -0.25) is 0 Å². The fourth-order valence-corrected chi connectivity index (χ4v) is 15.0. The number of allylic oxidation sites excluding steroid dienone is 2. The van der Waals surface area contributed by atoms with Gasteiger partial charge < -0.3 is 89.7 Å².